The van der Waals surface area contributed by atoms with E-state index in [0.29, 0.717) is 22.2 Å². The van der Waals surface area contributed by atoms with E-state index in [2.05, 4.69) is 10.3 Å². The normalized spacial score (nSPS) is 17.7. The molecule has 0 bridgehead atoms. The molecule has 3 heterocycles. The topological polar surface area (TPSA) is 98.8 Å². The molecule has 0 spiro atoms. The number of pyridine rings is 1. The van der Waals surface area contributed by atoms with E-state index in [4.69, 9.17) is 16.6 Å². The minimum absolute atomic E-state index is 0.160. The molecule has 1 aliphatic rings. The van der Waals surface area contributed by atoms with Crippen LogP contribution in [-0.4, -0.2) is 26.3 Å². The summed E-state index contributed by atoms with van der Waals surface area (Å²) < 4.78 is 6.25. The third-order valence-electron chi connectivity index (χ3n) is 5.54. The number of phenolic OH excluding ortho intramolecular Hbond substituents is 1. The molecule has 0 unspecified atom stereocenters. The maximum absolute atomic E-state index is 11.4. The van der Waals surface area contributed by atoms with Gasteiger partial charge in [0.1, 0.15) is 23.3 Å². The molecule has 0 saturated carbocycles. The van der Waals surface area contributed by atoms with E-state index in [1.165, 1.54) is 0 Å². The van der Waals surface area contributed by atoms with Gasteiger partial charge >= 0.3 is 5.97 Å². The number of rotatable bonds is 5. The summed E-state index contributed by atoms with van der Waals surface area (Å²) in [5.41, 5.74) is 2.45. The molecule has 8 heteroatoms. The average molecular weight is 458 g/mol. The minimum atomic E-state index is -0.998. The predicted octanol–water partition coefficient (Wildman–Crippen LogP) is 4.92. The largest absolute Gasteiger partial charge is 0.508 e. The Hall–Kier alpha value is -4.17. The molecule has 3 N–H and O–H groups in total. The molecule has 2 atom stereocenters. The molecular weight excluding hydrogens is 438 g/mol. The molecule has 0 amide bonds. The van der Waals surface area contributed by atoms with Crippen LogP contribution < -0.4 is 10.2 Å². The number of carboxylic acid groups (broad SMARTS) is 1. The number of aromatic nitrogens is 1. The fourth-order valence-corrected chi connectivity index (χ4v) is 4.35. The van der Waals surface area contributed by atoms with Gasteiger partial charge in [0.05, 0.1) is 17.3 Å². The van der Waals surface area contributed by atoms with Crippen molar-refractivity contribution in [1.82, 2.24) is 10.3 Å². The van der Waals surface area contributed by atoms with E-state index in [0.717, 1.165) is 11.4 Å². The van der Waals surface area contributed by atoms with Crippen LogP contribution in [0, 0.1) is 0 Å². The number of carboxylic acids is 1. The Morgan fingerprint density at radius 1 is 1.03 bits per heavy atom. The Kier molecular flexibility index (Phi) is 5.27. The standard InChI is InChI=1S/C25H19N3O4S/c29-18-9-7-17(8-10-18)28-23(22(27-25(28)33)19-6-1-2-13-26-19)21-12-11-20(32-21)15-4-3-5-16(14-15)24(30)31/h1-14,22-23,29H,(H,27,33)(H,30,31)/t22-,23-/m0/s1. The molecule has 4 aromatic rings. The average Bonchev–Trinajstić information content (AvgIpc) is 3.45. The van der Waals surface area contributed by atoms with Crippen LogP contribution in [0.15, 0.2) is 89.5 Å². The van der Waals surface area contributed by atoms with Crippen molar-refractivity contribution in [2.24, 2.45) is 0 Å². The lowest BCUT2D eigenvalue weighted by molar-refractivity contribution is 0.0697. The first-order chi connectivity index (χ1) is 16.0. The summed E-state index contributed by atoms with van der Waals surface area (Å²) >= 11 is 5.67. The fourth-order valence-electron chi connectivity index (χ4n) is 4.01. The van der Waals surface area contributed by atoms with Gasteiger partial charge in [-0.05, 0) is 72.9 Å². The number of phenols is 1. The molecule has 1 aliphatic heterocycles. The van der Waals surface area contributed by atoms with E-state index in [1.807, 2.05) is 35.2 Å². The molecule has 1 fully saturated rings. The SMILES string of the molecule is O=C(O)c1cccc(-c2ccc([C@H]3[C@H](c4ccccn4)NC(=S)N3c3ccc(O)cc3)o2)c1. The van der Waals surface area contributed by atoms with E-state index in [1.54, 1.807) is 54.7 Å². The monoisotopic (exact) mass is 457 g/mol. The molecule has 7 nitrogen and oxygen atoms in total. The minimum Gasteiger partial charge on any atom is -0.508 e. The van der Waals surface area contributed by atoms with Crippen LogP contribution >= 0.6 is 12.2 Å². The maximum atomic E-state index is 11.4. The Morgan fingerprint density at radius 2 is 1.85 bits per heavy atom. The summed E-state index contributed by atoms with van der Waals surface area (Å²) in [6.07, 6.45) is 1.73. The summed E-state index contributed by atoms with van der Waals surface area (Å²) in [4.78, 5) is 17.8. The highest BCUT2D eigenvalue weighted by molar-refractivity contribution is 7.80. The van der Waals surface area contributed by atoms with Crippen LogP contribution in [0.3, 0.4) is 0 Å². The van der Waals surface area contributed by atoms with Crippen molar-refractivity contribution in [2.45, 2.75) is 12.1 Å². The molecule has 2 aromatic carbocycles. The van der Waals surface area contributed by atoms with Crippen molar-refractivity contribution < 1.29 is 19.4 Å². The van der Waals surface area contributed by atoms with Crippen molar-refractivity contribution in [2.75, 3.05) is 4.90 Å². The smallest absolute Gasteiger partial charge is 0.335 e. The third-order valence-corrected chi connectivity index (χ3v) is 5.85. The third kappa shape index (κ3) is 3.92. The zero-order valence-corrected chi connectivity index (χ0v) is 18.1. The van der Waals surface area contributed by atoms with Crippen molar-refractivity contribution in [3.05, 3.63) is 102 Å². The molecular formula is C25H19N3O4S. The Bertz CT molecular complexity index is 1320. The number of aromatic hydroxyl groups is 1. The number of benzene rings is 2. The van der Waals surface area contributed by atoms with E-state index in [9.17, 15) is 15.0 Å². The van der Waals surface area contributed by atoms with E-state index in [-0.39, 0.29) is 23.4 Å². The summed E-state index contributed by atoms with van der Waals surface area (Å²) in [5, 5.41) is 22.9. The van der Waals surface area contributed by atoms with Crippen molar-refractivity contribution >= 4 is 29.0 Å². The van der Waals surface area contributed by atoms with E-state index >= 15 is 0 Å². The molecule has 164 valence electrons. The summed E-state index contributed by atoms with van der Waals surface area (Å²) in [6.45, 7) is 0. The van der Waals surface area contributed by atoms with Gasteiger partial charge in [0, 0.05) is 17.4 Å². The second-order valence-corrected chi connectivity index (χ2v) is 7.99. The van der Waals surface area contributed by atoms with Crippen LogP contribution in [0.4, 0.5) is 5.69 Å². The number of nitrogens with one attached hydrogen (secondary N) is 1. The van der Waals surface area contributed by atoms with Gasteiger partial charge in [-0.2, -0.15) is 0 Å². The maximum Gasteiger partial charge on any atom is 0.335 e. The summed E-state index contributed by atoms with van der Waals surface area (Å²) in [7, 11) is 0. The second-order valence-electron chi connectivity index (χ2n) is 7.60. The zero-order valence-electron chi connectivity index (χ0n) is 17.3. The van der Waals surface area contributed by atoms with Crippen molar-refractivity contribution in [3.63, 3.8) is 0 Å². The molecule has 33 heavy (non-hydrogen) atoms. The molecule has 0 aliphatic carbocycles. The highest BCUT2D eigenvalue weighted by Gasteiger charge is 2.42. The number of aromatic carboxylic acids is 1. The van der Waals surface area contributed by atoms with Crippen LogP contribution in [0.2, 0.25) is 0 Å². The van der Waals surface area contributed by atoms with Crippen LogP contribution in [-0.2, 0) is 0 Å². The number of carbonyl (C=O) groups is 1. The summed E-state index contributed by atoms with van der Waals surface area (Å²) in [5.74, 6) is 0.356. The van der Waals surface area contributed by atoms with Gasteiger partial charge in [0.25, 0.3) is 0 Å². The summed E-state index contributed by atoms with van der Waals surface area (Å²) in [6, 6.07) is 22.1. The fraction of sp³-hybridized carbons (Fsp3) is 0.0800. The van der Waals surface area contributed by atoms with Gasteiger partial charge in [-0.3, -0.25) is 4.98 Å². The number of anilines is 1. The number of furan rings is 1. The second kappa shape index (κ2) is 8.40. The Morgan fingerprint density at radius 3 is 2.58 bits per heavy atom. The Labute approximate surface area is 194 Å². The number of hydrogen-bond donors (Lipinski definition) is 3. The first kappa shape index (κ1) is 20.7. The molecule has 5 rings (SSSR count). The van der Waals surface area contributed by atoms with Gasteiger partial charge in [-0.15, -0.1) is 0 Å². The quantitative estimate of drug-likeness (QED) is 0.363. The number of thiocarbonyl (C=S) groups is 1. The van der Waals surface area contributed by atoms with Crippen LogP contribution in [0.5, 0.6) is 5.75 Å². The van der Waals surface area contributed by atoms with Gasteiger partial charge in [0.15, 0.2) is 5.11 Å². The first-order valence-electron chi connectivity index (χ1n) is 10.2. The zero-order chi connectivity index (χ0) is 22.9. The van der Waals surface area contributed by atoms with Gasteiger partial charge in [0.2, 0.25) is 0 Å². The lowest BCUT2D eigenvalue weighted by atomic mass is 10.0. The first-order valence-corrected chi connectivity index (χ1v) is 10.7. The van der Waals surface area contributed by atoms with Crippen LogP contribution in [0.1, 0.15) is 33.9 Å². The van der Waals surface area contributed by atoms with Gasteiger partial charge in [-0.1, -0.05) is 18.2 Å². The molecule has 2 aromatic heterocycles. The highest BCUT2D eigenvalue weighted by Crippen LogP contribution is 2.43. The predicted molar refractivity (Wildman–Crippen MR) is 127 cm³/mol. The highest BCUT2D eigenvalue weighted by atomic mass is 32.1. The van der Waals surface area contributed by atoms with Gasteiger partial charge in [-0.25, -0.2) is 4.79 Å². The molecule has 1 saturated heterocycles. The van der Waals surface area contributed by atoms with Crippen LogP contribution in [0.25, 0.3) is 11.3 Å². The number of nitrogens with zero attached hydrogens (tertiary/aromatic N) is 2. The lowest BCUT2D eigenvalue weighted by Crippen LogP contribution is -2.29. The molecule has 0 radical (unpaired) electrons. The van der Waals surface area contributed by atoms with Crippen molar-refractivity contribution in [3.8, 4) is 17.1 Å². The number of hydrogen-bond acceptors (Lipinski definition) is 5. The van der Waals surface area contributed by atoms with Gasteiger partial charge < -0.3 is 24.8 Å². The van der Waals surface area contributed by atoms with E-state index < -0.39 is 5.97 Å². The Balaban J connectivity index is 1.58. The lowest BCUT2D eigenvalue weighted by Gasteiger charge is -2.26. The van der Waals surface area contributed by atoms with Crippen molar-refractivity contribution in [1.29, 1.82) is 0 Å².